The molecule has 1 aromatic carbocycles. The maximum absolute atomic E-state index is 13.6. The molecule has 0 spiro atoms. The van der Waals surface area contributed by atoms with Crippen LogP contribution in [0.1, 0.15) is 24.2 Å². The van der Waals surface area contributed by atoms with Gasteiger partial charge in [-0.1, -0.05) is 17.7 Å². The van der Waals surface area contributed by atoms with Gasteiger partial charge in [-0.25, -0.2) is 4.39 Å². The number of nitrogens with zero attached hydrogens (tertiary/aromatic N) is 2. The van der Waals surface area contributed by atoms with E-state index in [9.17, 15) is 9.18 Å². The molecule has 0 bridgehead atoms. The molecule has 0 aliphatic rings. The van der Waals surface area contributed by atoms with Gasteiger partial charge < -0.3 is 10.6 Å². The molecule has 5 nitrogen and oxygen atoms in total. The number of rotatable bonds is 4. The molecule has 7 heteroatoms. The van der Waals surface area contributed by atoms with Crippen LogP contribution in [0.4, 0.5) is 16.0 Å². The minimum absolute atomic E-state index is 0.0403. The molecule has 0 radical (unpaired) electrons. The third-order valence-electron chi connectivity index (χ3n) is 2.53. The van der Waals surface area contributed by atoms with E-state index in [1.807, 2.05) is 13.8 Å². The Labute approximate surface area is 126 Å². The Kier molecular flexibility index (Phi) is 4.70. The summed E-state index contributed by atoms with van der Waals surface area (Å²) in [5.41, 5.74) is -0.217. The number of benzene rings is 1. The summed E-state index contributed by atoms with van der Waals surface area (Å²) in [5, 5.41) is 13.3. The average molecular weight is 309 g/mol. The summed E-state index contributed by atoms with van der Waals surface area (Å²) < 4.78 is 13.6. The Hall–Kier alpha value is -2.21. The molecular formula is C14H14ClFN4O. The first-order valence-electron chi connectivity index (χ1n) is 6.33. The average Bonchev–Trinajstić information content (AvgIpc) is 2.40. The van der Waals surface area contributed by atoms with Gasteiger partial charge in [-0.2, -0.15) is 0 Å². The number of anilines is 2. The van der Waals surface area contributed by atoms with Gasteiger partial charge in [-0.3, -0.25) is 4.79 Å². The van der Waals surface area contributed by atoms with Crippen LogP contribution < -0.4 is 10.6 Å². The van der Waals surface area contributed by atoms with Crippen molar-refractivity contribution in [2.45, 2.75) is 19.9 Å². The molecule has 2 rings (SSSR count). The molecule has 2 aromatic rings. The second-order valence-electron chi connectivity index (χ2n) is 4.65. The Morgan fingerprint density at radius 3 is 2.43 bits per heavy atom. The van der Waals surface area contributed by atoms with Gasteiger partial charge >= 0.3 is 0 Å². The normalized spacial score (nSPS) is 10.5. The minimum Gasteiger partial charge on any atom is -0.366 e. The highest BCUT2D eigenvalue weighted by molar-refractivity contribution is 6.34. The maximum atomic E-state index is 13.6. The number of hydrogen-bond acceptors (Lipinski definition) is 4. The molecule has 2 N–H and O–H groups in total. The van der Waals surface area contributed by atoms with Gasteiger partial charge in [-0.15, -0.1) is 10.2 Å². The molecule has 1 aromatic heterocycles. The van der Waals surface area contributed by atoms with Gasteiger partial charge in [0, 0.05) is 6.04 Å². The quantitative estimate of drug-likeness (QED) is 0.909. The first-order valence-corrected chi connectivity index (χ1v) is 6.71. The van der Waals surface area contributed by atoms with Crippen molar-refractivity contribution >= 4 is 29.1 Å². The molecule has 0 aliphatic carbocycles. The third kappa shape index (κ3) is 3.88. The zero-order chi connectivity index (χ0) is 15.4. The summed E-state index contributed by atoms with van der Waals surface area (Å²) in [4.78, 5) is 12.0. The number of halogens is 2. The van der Waals surface area contributed by atoms with E-state index in [-0.39, 0.29) is 22.4 Å². The van der Waals surface area contributed by atoms with E-state index in [1.165, 1.54) is 18.2 Å². The predicted octanol–water partition coefficient (Wildman–Crippen LogP) is 3.34. The van der Waals surface area contributed by atoms with Crippen molar-refractivity contribution in [3.63, 3.8) is 0 Å². The Morgan fingerprint density at radius 1 is 1.19 bits per heavy atom. The van der Waals surface area contributed by atoms with Crippen molar-refractivity contribution in [2.75, 3.05) is 10.6 Å². The number of carbonyl (C=O) groups excluding carboxylic acids is 1. The predicted molar refractivity (Wildman–Crippen MR) is 80.2 cm³/mol. The van der Waals surface area contributed by atoms with E-state index in [0.717, 1.165) is 0 Å². The number of carbonyl (C=O) groups is 1. The summed E-state index contributed by atoms with van der Waals surface area (Å²) >= 11 is 5.83. The number of nitrogens with one attached hydrogen (secondary N) is 2. The molecule has 0 fully saturated rings. The largest absolute Gasteiger partial charge is 0.366 e. The van der Waals surface area contributed by atoms with Crippen molar-refractivity contribution in [2.24, 2.45) is 0 Å². The fourth-order valence-electron chi connectivity index (χ4n) is 1.67. The summed E-state index contributed by atoms with van der Waals surface area (Å²) in [7, 11) is 0. The zero-order valence-electron chi connectivity index (χ0n) is 11.5. The number of hydrogen-bond donors (Lipinski definition) is 2. The van der Waals surface area contributed by atoms with Crippen LogP contribution in [0, 0.1) is 5.82 Å². The lowest BCUT2D eigenvalue weighted by Crippen LogP contribution is -2.16. The van der Waals surface area contributed by atoms with E-state index in [4.69, 9.17) is 11.6 Å². The van der Waals surface area contributed by atoms with Gasteiger partial charge in [0.1, 0.15) is 11.6 Å². The maximum Gasteiger partial charge on any atom is 0.261 e. The molecule has 1 amide bonds. The lowest BCUT2D eigenvalue weighted by Gasteiger charge is -2.09. The van der Waals surface area contributed by atoms with Gasteiger partial charge in [0.2, 0.25) is 0 Å². The first kappa shape index (κ1) is 15.2. The van der Waals surface area contributed by atoms with Crippen molar-refractivity contribution in [1.82, 2.24) is 10.2 Å². The molecule has 0 atom stereocenters. The van der Waals surface area contributed by atoms with Gasteiger partial charge in [0.05, 0.1) is 10.6 Å². The lowest BCUT2D eigenvalue weighted by atomic mass is 10.2. The van der Waals surface area contributed by atoms with Crippen molar-refractivity contribution in [3.05, 3.63) is 46.7 Å². The van der Waals surface area contributed by atoms with Crippen LogP contribution in [0.25, 0.3) is 0 Å². The molecule has 0 saturated heterocycles. The van der Waals surface area contributed by atoms with E-state index in [0.29, 0.717) is 5.82 Å². The van der Waals surface area contributed by atoms with Gasteiger partial charge in [0.15, 0.2) is 5.82 Å². The number of amides is 1. The zero-order valence-corrected chi connectivity index (χ0v) is 12.3. The second-order valence-corrected chi connectivity index (χ2v) is 5.06. The number of aromatic nitrogens is 2. The molecule has 1 heterocycles. The summed E-state index contributed by atoms with van der Waals surface area (Å²) in [6.45, 7) is 3.94. The molecule has 0 aliphatic heterocycles. The lowest BCUT2D eigenvalue weighted by molar-refractivity contribution is 0.102. The van der Waals surface area contributed by atoms with Crippen LogP contribution >= 0.6 is 11.6 Å². The fourth-order valence-corrected chi connectivity index (χ4v) is 1.91. The molecule has 0 saturated carbocycles. The fraction of sp³-hybridized carbons (Fsp3) is 0.214. The summed E-state index contributed by atoms with van der Waals surface area (Å²) in [6.07, 6.45) is 0. The summed E-state index contributed by atoms with van der Waals surface area (Å²) in [6, 6.07) is 7.51. The van der Waals surface area contributed by atoms with Crippen molar-refractivity contribution in [3.8, 4) is 0 Å². The second kappa shape index (κ2) is 6.49. The van der Waals surface area contributed by atoms with Gasteiger partial charge in [0.25, 0.3) is 5.91 Å². The topological polar surface area (TPSA) is 66.9 Å². The van der Waals surface area contributed by atoms with Gasteiger partial charge in [-0.05, 0) is 38.1 Å². The SMILES string of the molecule is CC(C)Nc1ccc(NC(=O)c2c(F)cccc2Cl)nn1. The highest BCUT2D eigenvalue weighted by atomic mass is 35.5. The smallest absolute Gasteiger partial charge is 0.261 e. The van der Waals surface area contributed by atoms with Crippen LogP contribution in [0.3, 0.4) is 0 Å². The summed E-state index contributed by atoms with van der Waals surface area (Å²) in [5.74, 6) is -0.552. The van der Waals surface area contributed by atoms with Crippen LogP contribution in [0.2, 0.25) is 5.02 Å². The molecular weight excluding hydrogens is 295 g/mol. The molecule has 21 heavy (non-hydrogen) atoms. The molecule has 110 valence electrons. The van der Waals surface area contributed by atoms with E-state index < -0.39 is 11.7 Å². The Morgan fingerprint density at radius 2 is 1.86 bits per heavy atom. The minimum atomic E-state index is -0.689. The highest BCUT2D eigenvalue weighted by Gasteiger charge is 2.16. The standard InChI is InChI=1S/C14H14ClFN4O/c1-8(2)17-11-6-7-12(20-19-11)18-14(21)13-9(15)4-3-5-10(13)16/h3-8H,1-2H3,(H,17,19)(H,18,20,21). The molecule has 0 unspecified atom stereocenters. The van der Waals surface area contributed by atoms with E-state index in [1.54, 1.807) is 12.1 Å². The monoisotopic (exact) mass is 308 g/mol. The highest BCUT2D eigenvalue weighted by Crippen LogP contribution is 2.20. The Balaban J connectivity index is 2.13. The van der Waals surface area contributed by atoms with E-state index >= 15 is 0 Å². The Bertz CT molecular complexity index is 626. The van der Waals surface area contributed by atoms with Crippen LogP contribution in [0.5, 0.6) is 0 Å². The van der Waals surface area contributed by atoms with Crippen molar-refractivity contribution in [1.29, 1.82) is 0 Å². The van der Waals surface area contributed by atoms with E-state index in [2.05, 4.69) is 20.8 Å². The van der Waals surface area contributed by atoms with Crippen molar-refractivity contribution < 1.29 is 9.18 Å². The van der Waals surface area contributed by atoms with Crippen LogP contribution in [0.15, 0.2) is 30.3 Å². The van der Waals surface area contributed by atoms with Crippen LogP contribution in [-0.4, -0.2) is 22.1 Å². The third-order valence-corrected chi connectivity index (χ3v) is 2.85. The first-order chi connectivity index (χ1) is 9.97. The van der Waals surface area contributed by atoms with Crippen LogP contribution in [-0.2, 0) is 0 Å².